The smallest absolute Gasteiger partial charge is 0.0981 e. The molecule has 0 heterocycles. The first-order valence-electron chi connectivity index (χ1n) is 3.44. The third kappa shape index (κ3) is 1.03. The molecule has 0 spiro atoms. The number of benzene rings is 1. The molecule has 0 saturated heterocycles. The highest BCUT2D eigenvalue weighted by Crippen LogP contribution is 2.32. The maximum Gasteiger partial charge on any atom is 0.0981 e. The van der Waals surface area contributed by atoms with Crippen LogP contribution >= 0.6 is 15.9 Å². The molecular formula is C9H7BrO. The summed E-state index contributed by atoms with van der Waals surface area (Å²) in [5.41, 5.74) is 2.08. The van der Waals surface area contributed by atoms with Crippen molar-refractivity contribution in [2.24, 2.45) is 0 Å². The van der Waals surface area contributed by atoms with Crippen LogP contribution in [0.15, 0.2) is 28.7 Å². The summed E-state index contributed by atoms with van der Waals surface area (Å²) in [6.07, 6.45) is 3.31. The van der Waals surface area contributed by atoms with Gasteiger partial charge in [0.15, 0.2) is 0 Å². The number of hydrogen-bond donors (Lipinski definition) is 1. The standard InChI is InChI=1S/C9H7BrO/c10-8-3-1-2-7-6(8)4-5-9(7)11/h1-5,9,11H/t9-/m1/s1. The first-order valence-corrected chi connectivity index (χ1v) is 4.23. The molecule has 0 saturated carbocycles. The van der Waals surface area contributed by atoms with E-state index in [1.807, 2.05) is 24.3 Å². The number of aliphatic hydroxyl groups is 1. The maximum atomic E-state index is 9.40. The first kappa shape index (κ1) is 7.07. The molecule has 2 heteroatoms. The summed E-state index contributed by atoms with van der Waals surface area (Å²) < 4.78 is 1.04. The summed E-state index contributed by atoms with van der Waals surface area (Å²) in [4.78, 5) is 0. The SMILES string of the molecule is O[C@@H]1C=Cc2c(Br)cccc21. The van der Waals surface area contributed by atoms with Crippen LogP contribution in [0.5, 0.6) is 0 Å². The van der Waals surface area contributed by atoms with Crippen molar-refractivity contribution >= 4 is 22.0 Å². The lowest BCUT2D eigenvalue weighted by atomic mass is 10.1. The van der Waals surface area contributed by atoms with E-state index in [0.717, 1.165) is 15.6 Å². The van der Waals surface area contributed by atoms with Gasteiger partial charge in [0.05, 0.1) is 6.10 Å². The average molecular weight is 211 g/mol. The molecule has 1 aromatic carbocycles. The molecule has 2 rings (SSSR count). The zero-order chi connectivity index (χ0) is 7.84. The van der Waals surface area contributed by atoms with E-state index in [1.165, 1.54) is 0 Å². The number of halogens is 1. The van der Waals surface area contributed by atoms with Gasteiger partial charge in [0, 0.05) is 4.47 Å². The zero-order valence-electron chi connectivity index (χ0n) is 5.79. The van der Waals surface area contributed by atoms with Crippen LogP contribution in [-0.2, 0) is 0 Å². The van der Waals surface area contributed by atoms with Gasteiger partial charge in [-0.05, 0) is 17.2 Å². The Morgan fingerprint density at radius 3 is 2.91 bits per heavy atom. The van der Waals surface area contributed by atoms with Gasteiger partial charge in [-0.25, -0.2) is 0 Å². The van der Waals surface area contributed by atoms with Crippen molar-refractivity contribution in [3.63, 3.8) is 0 Å². The fourth-order valence-corrected chi connectivity index (χ4v) is 1.79. The maximum absolute atomic E-state index is 9.40. The van der Waals surface area contributed by atoms with E-state index in [2.05, 4.69) is 15.9 Å². The van der Waals surface area contributed by atoms with E-state index >= 15 is 0 Å². The molecule has 11 heavy (non-hydrogen) atoms. The summed E-state index contributed by atoms with van der Waals surface area (Å²) in [6, 6.07) is 5.84. The van der Waals surface area contributed by atoms with Crippen molar-refractivity contribution in [2.45, 2.75) is 6.10 Å². The molecule has 0 amide bonds. The molecule has 0 aromatic heterocycles. The van der Waals surface area contributed by atoms with Crippen molar-refractivity contribution in [1.29, 1.82) is 0 Å². The number of fused-ring (bicyclic) bond motifs is 1. The average Bonchev–Trinajstić information content (AvgIpc) is 2.35. The minimum Gasteiger partial charge on any atom is -0.384 e. The summed E-state index contributed by atoms with van der Waals surface area (Å²) in [5.74, 6) is 0. The Morgan fingerprint density at radius 2 is 2.18 bits per heavy atom. The van der Waals surface area contributed by atoms with E-state index in [-0.39, 0.29) is 0 Å². The van der Waals surface area contributed by atoms with Crippen molar-refractivity contribution in [3.05, 3.63) is 39.9 Å². The minimum absolute atomic E-state index is 0.414. The molecule has 0 radical (unpaired) electrons. The van der Waals surface area contributed by atoms with Gasteiger partial charge in [0.25, 0.3) is 0 Å². The van der Waals surface area contributed by atoms with Gasteiger partial charge in [-0.15, -0.1) is 0 Å². The predicted octanol–water partition coefficient (Wildman–Crippen LogP) is 2.51. The van der Waals surface area contributed by atoms with Gasteiger partial charge >= 0.3 is 0 Å². The predicted molar refractivity (Wildman–Crippen MR) is 48.1 cm³/mol. The van der Waals surface area contributed by atoms with Crippen molar-refractivity contribution in [3.8, 4) is 0 Å². The van der Waals surface area contributed by atoms with Crippen molar-refractivity contribution in [1.82, 2.24) is 0 Å². The van der Waals surface area contributed by atoms with Gasteiger partial charge in [0.1, 0.15) is 0 Å². The second-order valence-electron chi connectivity index (χ2n) is 2.55. The van der Waals surface area contributed by atoms with Gasteiger partial charge in [0.2, 0.25) is 0 Å². The highest BCUT2D eigenvalue weighted by atomic mass is 79.9. The lowest BCUT2D eigenvalue weighted by molar-refractivity contribution is 0.232. The Balaban J connectivity index is 2.65. The van der Waals surface area contributed by atoms with E-state index in [9.17, 15) is 5.11 Å². The number of rotatable bonds is 0. The zero-order valence-corrected chi connectivity index (χ0v) is 7.38. The van der Waals surface area contributed by atoms with Crippen LogP contribution < -0.4 is 0 Å². The van der Waals surface area contributed by atoms with Crippen molar-refractivity contribution in [2.75, 3.05) is 0 Å². The second kappa shape index (κ2) is 2.47. The van der Waals surface area contributed by atoms with Gasteiger partial charge in [-0.1, -0.05) is 40.2 Å². The Bertz CT molecular complexity index is 317. The number of aliphatic hydroxyl groups excluding tert-OH is 1. The molecular weight excluding hydrogens is 204 g/mol. The van der Waals surface area contributed by atoms with E-state index in [1.54, 1.807) is 6.08 Å². The van der Waals surface area contributed by atoms with Gasteiger partial charge in [-0.2, -0.15) is 0 Å². The molecule has 0 aliphatic heterocycles. The van der Waals surface area contributed by atoms with E-state index < -0.39 is 6.10 Å². The molecule has 0 unspecified atom stereocenters. The Labute approximate surface area is 73.5 Å². The van der Waals surface area contributed by atoms with Crippen LogP contribution in [0.25, 0.3) is 6.08 Å². The number of hydrogen-bond acceptors (Lipinski definition) is 1. The van der Waals surface area contributed by atoms with Crippen LogP contribution in [0.3, 0.4) is 0 Å². The largest absolute Gasteiger partial charge is 0.384 e. The summed E-state index contributed by atoms with van der Waals surface area (Å²) >= 11 is 3.41. The topological polar surface area (TPSA) is 20.2 Å². The normalized spacial score (nSPS) is 20.4. The van der Waals surface area contributed by atoms with E-state index in [0.29, 0.717) is 0 Å². The molecule has 1 nitrogen and oxygen atoms in total. The lowest BCUT2D eigenvalue weighted by Crippen LogP contribution is -1.89. The van der Waals surface area contributed by atoms with E-state index in [4.69, 9.17) is 0 Å². The molecule has 1 aliphatic carbocycles. The van der Waals surface area contributed by atoms with Crippen LogP contribution in [-0.4, -0.2) is 5.11 Å². The summed E-state index contributed by atoms with van der Waals surface area (Å²) in [5, 5.41) is 9.40. The third-order valence-electron chi connectivity index (χ3n) is 1.85. The first-order chi connectivity index (χ1) is 5.29. The Morgan fingerprint density at radius 1 is 1.36 bits per heavy atom. The van der Waals surface area contributed by atoms with Crippen LogP contribution in [0.1, 0.15) is 17.2 Å². The fourth-order valence-electron chi connectivity index (χ4n) is 1.28. The van der Waals surface area contributed by atoms with Gasteiger partial charge < -0.3 is 5.11 Å². The quantitative estimate of drug-likeness (QED) is 0.698. The monoisotopic (exact) mass is 210 g/mol. The van der Waals surface area contributed by atoms with Crippen LogP contribution in [0.4, 0.5) is 0 Å². The molecule has 1 aromatic rings. The fraction of sp³-hybridized carbons (Fsp3) is 0.111. The molecule has 0 fully saturated rings. The van der Waals surface area contributed by atoms with Crippen LogP contribution in [0.2, 0.25) is 0 Å². The van der Waals surface area contributed by atoms with Crippen LogP contribution in [0, 0.1) is 0 Å². The minimum atomic E-state index is -0.414. The second-order valence-corrected chi connectivity index (χ2v) is 3.40. The third-order valence-corrected chi connectivity index (χ3v) is 2.54. The lowest BCUT2D eigenvalue weighted by Gasteiger charge is -2.03. The van der Waals surface area contributed by atoms with Crippen molar-refractivity contribution < 1.29 is 5.11 Å². The molecule has 1 aliphatic rings. The molecule has 56 valence electrons. The molecule has 0 bridgehead atoms. The summed E-state index contributed by atoms with van der Waals surface area (Å²) in [7, 11) is 0. The Hall–Kier alpha value is -0.600. The Kier molecular flexibility index (Phi) is 1.59. The molecule has 1 atom stereocenters. The highest BCUT2D eigenvalue weighted by Gasteiger charge is 2.15. The van der Waals surface area contributed by atoms with Gasteiger partial charge in [-0.3, -0.25) is 0 Å². The highest BCUT2D eigenvalue weighted by molar-refractivity contribution is 9.10. The molecule has 1 N–H and O–H groups in total. The summed E-state index contributed by atoms with van der Waals surface area (Å²) in [6.45, 7) is 0.